The van der Waals surface area contributed by atoms with Gasteiger partial charge in [0.1, 0.15) is 5.75 Å². The number of hydrogen-bond acceptors (Lipinski definition) is 2. The summed E-state index contributed by atoms with van der Waals surface area (Å²) in [5, 5.41) is 4.44. The van der Waals surface area contributed by atoms with Gasteiger partial charge in [-0.25, -0.2) is 0 Å². The number of rotatable bonds is 6. The molecular formula is C17H26ClNO. The van der Waals surface area contributed by atoms with Crippen LogP contribution in [0.4, 0.5) is 0 Å². The Labute approximate surface area is 127 Å². The van der Waals surface area contributed by atoms with Gasteiger partial charge in [0.2, 0.25) is 0 Å². The molecule has 1 saturated carbocycles. The van der Waals surface area contributed by atoms with Gasteiger partial charge in [0.25, 0.3) is 0 Å². The van der Waals surface area contributed by atoms with Crippen molar-refractivity contribution in [1.82, 2.24) is 5.32 Å². The lowest BCUT2D eigenvalue weighted by Crippen LogP contribution is -2.37. The molecule has 0 radical (unpaired) electrons. The van der Waals surface area contributed by atoms with E-state index in [0.29, 0.717) is 5.92 Å². The van der Waals surface area contributed by atoms with Gasteiger partial charge >= 0.3 is 0 Å². The van der Waals surface area contributed by atoms with Crippen molar-refractivity contribution in [3.8, 4) is 5.75 Å². The Morgan fingerprint density at radius 3 is 2.60 bits per heavy atom. The van der Waals surface area contributed by atoms with E-state index in [1.54, 1.807) is 7.11 Å². The van der Waals surface area contributed by atoms with Gasteiger partial charge in [-0.2, -0.15) is 0 Å². The fourth-order valence-corrected chi connectivity index (χ4v) is 3.46. The Bertz CT molecular complexity index is 439. The molecule has 0 spiro atoms. The van der Waals surface area contributed by atoms with E-state index in [-0.39, 0.29) is 5.41 Å². The molecular weight excluding hydrogens is 270 g/mol. The van der Waals surface area contributed by atoms with Crippen LogP contribution in [0.2, 0.25) is 5.02 Å². The molecule has 0 aromatic heterocycles. The number of methoxy groups -OCH3 is 1. The summed E-state index contributed by atoms with van der Waals surface area (Å²) in [6.07, 6.45) is 5.02. The SMILES string of the molecule is COc1ccc(Cl)cc1C1(CNCC(C)C)CCCC1. The first-order valence-corrected chi connectivity index (χ1v) is 8.00. The van der Waals surface area contributed by atoms with Crippen LogP contribution >= 0.6 is 11.6 Å². The van der Waals surface area contributed by atoms with E-state index < -0.39 is 0 Å². The average molecular weight is 296 g/mol. The predicted octanol–water partition coefficient (Wildman–Crippen LogP) is 4.41. The summed E-state index contributed by atoms with van der Waals surface area (Å²) >= 11 is 6.22. The van der Waals surface area contributed by atoms with Gasteiger partial charge in [-0.3, -0.25) is 0 Å². The van der Waals surface area contributed by atoms with E-state index in [1.165, 1.54) is 31.2 Å². The van der Waals surface area contributed by atoms with E-state index in [1.807, 2.05) is 12.1 Å². The second-order valence-electron chi connectivity index (χ2n) is 6.36. The summed E-state index contributed by atoms with van der Waals surface area (Å²) in [4.78, 5) is 0. The minimum absolute atomic E-state index is 0.186. The molecule has 1 aromatic rings. The molecule has 112 valence electrons. The van der Waals surface area contributed by atoms with E-state index in [9.17, 15) is 0 Å². The molecule has 1 aliphatic rings. The molecule has 1 aliphatic carbocycles. The second kappa shape index (κ2) is 6.82. The highest BCUT2D eigenvalue weighted by atomic mass is 35.5. The molecule has 2 rings (SSSR count). The molecule has 0 heterocycles. The van der Waals surface area contributed by atoms with Gasteiger partial charge in [-0.05, 0) is 43.5 Å². The summed E-state index contributed by atoms with van der Waals surface area (Å²) in [6, 6.07) is 6.01. The first-order valence-electron chi connectivity index (χ1n) is 7.62. The van der Waals surface area contributed by atoms with Crippen molar-refractivity contribution in [3.63, 3.8) is 0 Å². The van der Waals surface area contributed by atoms with Crippen LogP contribution in [0.3, 0.4) is 0 Å². The third-order valence-corrected chi connectivity index (χ3v) is 4.54. The molecule has 0 saturated heterocycles. The van der Waals surface area contributed by atoms with Crippen molar-refractivity contribution in [2.75, 3.05) is 20.2 Å². The molecule has 1 aromatic carbocycles. The van der Waals surface area contributed by atoms with Gasteiger partial charge in [0.05, 0.1) is 7.11 Å². The normalized spacial score (nSPS) is 17.6. The van der Waals surface area contributed by atoms with Crippen molar-refractivity contribution in [2.24, 2.45) is 5.92 Å². The van der Waals surface area contributed by atoms with Gasteiger partial charge in [-0.1, -0.05) is 38.3 Å². The summed E-state index contributed by atoms with van der Waals surface area (Å²) < 4.78 is 5.58. The lowest BCUT2D eigenvalue weighted by atomic mass is 9.78. The Balaban J connectivity index is 2.25. The van der Waals surface area contributed by atoms with Crippen molar-refractivity contribution in [1.29, 1.82) is 0 Å². The number of halogens is 1. The highest BCUT2D eigenvalue weighted by Gasteiger charge is 2.37. The smallest absolute Gasteiger partial charge is 0.122 e. The molecule has 1 fully saturated rings. The maximum absolute atomic E-state index is 6.22. The van der Waals surface area contributed by atoms with Crippen LogP contribution in [0.15, 0.2) is 18.2 Å². The Morgan fingerprint density at radius 2 is 2.00 bits per heavy atom. The highest BCUT2D eigenvalue weighted by Crippen LogP contribution is 2.45. The van der Waals surface area contributed by atoms with Crippen LogP contribution in [-0.2, 0) is 5.41 Å². The van der Waals surface area contributed by atoms with Crippen molar-refractivity contribution >= 4 is 11.6 Å². The minimum atomic E-state index is 0.186. The third kappa shape index (κ3) is 3.48. The summed E-state index contributed by atoms with van der Waals surface area (Å²) in [5.41, 5.74) is 1.46. The zero-order valence-electron chi connectivity index (χ0n) is 12.8. The van der Waals surface area contributed by atoms with Crippen molar-refractivity contribution in [2.45, 2.75) is 44.9 Å². The summed E-state index contributed by atoms with van der Waals surface area (Å²) in [6.45, 7) is 6.56. The fourth-order valence-electron chi connectivity index (χ4n) is 3.29. The molecule has 1 N–H and O–H groups in total. The number of hydrogen-bond donors (Lipinski definition) is 1. The first-order chi connectivity index (χ1) is 9.57. The maximum atomic E-state index is 6.22. The summed E-state index contributed by atoms with van der Waals surface area (Å²) in [7, 11) is 1.75. The van der Waals surface area contributed by atoms with Gasteiger partial charge in [0.15, 0.2) is 0 Å². The maximum Gasteiger partial charge on any atom is 0.122 e. The van der Waals surface area contributed by atoms with Crippen molar-refractivity contribution < 1.29 is 4.74 Å². The Hall–Kier alpha value is -0.730. The molecule has 0 aliphatic heterocycles. The average Bonchev–Trinajstić information content (AvgIpc) is 2.88. The van der Waals surface area contributed by atoms with Crippen LogP contribution < -0.4 is 10.1 Å². The fraction of sp³-hybridized carbons (Fsp3) is 0.647. The molecule has 0 atom stereocenters. The van der Waals surface area contributed by atoms with Crippen molar-refractivity contribution in [3.05, 3.63) is 28.8 Å². The van der Waals surface area contributed by atoms with E-state index in [2.05, 4.69) is 25.2 Å². The zero-order chi connectivity index (χ0) is 14.6. The standard InChI is InChI=1S/C17H26ClNO/c1-13(2)11-19-12-17(8-4-5-9-17)15-10-14(18)6-7-16(15)20-3/h6-7,10,13,19H,4-5,8-9,11-12H2,1-3H3. The van der Waals surface area contributed by atoms with E-state index >= 15 is 0 Å². The molecule has 0 amide bonds. The molecule has 0 bridgehead atoms. The molecule has 0 unspecified atom stereocenters. The van der Waals surface area contributed by atoms with Gasteiger partial charge < -0.3 is 10.1 Å². The summed E-state index contributed by atoms with van der Waals surface area (Å²) in [5.74, 6) is 1.65. The number of benzene rings is 1. The van der Waals surface area contributed by atoms with Crippen LogP contribution in [0.5, 0.6) is 5.75 Å². The first kappa shape index (κ1) is 15.7. The van der Waals surface area contributed by atoms with Crippen LogP contribution in [0, 0.1) is 5.92 Å². The predicted molar refractivity (Wildman–Crippen MR) is 85.9 cm³/mol. The Kier molecular flexibility index (Phi) is 5.34. The molecule has 3 heteroatoms. The van der Waals surface area contributed by atoms with Crippen LogP contribution in [-0.4, -0.2) is 20.2 Å². The molecule has 20 heavy (non-hydrogen) atoms. The third-order valence-electron chi connectivity index (χ3n) is 4.31. The number of nitrogens with one attached hydrogen (secondary N) is 1. The topological polar surface area (TPSA) is 21.3 Å². The highest BCUT2D eigenvalue weighted by molar-refractivity contribution is 6.30. The minimum Gasteiger partial charge on any atom is -0.496 e. The number of ether oxygens (including phenoxy) is 1. The van der Waals surface area contributed by atoms with Crippen LogP contribution in [0.25, 0.3) is 0 Å². The quantitative estimate of drug-likeness (QED) is 0.839. The van der Waals surface area contributed by atoms with Gasteiger partial charge in [0, 0.05) is 22.5 Å². The second-order valence-corrected chi connectivity index (χ2v) is 6.79. The van der Waals surface area contributed by atoms with E-state index in [0.717, 1.165) is 23.9 Å². The zero-order valence-corrected chi connectivity index (χ0v) is 13.6. The van der Waals surface area contributed by atoms with Gasteiger partial charge in [-0.15, -0.1) is 0 Å². The van der Waals surface area contributed by atoms with Crippen LogP contribution in [0.1, 0.15) is 45.1 Å². The molecule has 2 nitrogen and oxygen atoms in total. The monoisotopic (exact) mass is 295 g/mol. The lowest BCUT2D eigenvalue weighted by Gasteiger charge is -2.32. The Morgan fingerprint density at radius 1 is 1.30 bits per heavy atom. The largest absolute Gasteiger partial charge is 0.496 e. The van der Waals surface area contributed by atoms with E-state index in [4.69, 9.17) is 16.3 Å². The lowest BCUT2D eigenvalue weighted by molar-refractivity contribution is 0.356.